The summed E-state index contributed by atoms with van der Waals surface area (Å²) in [4.78, 5) is 0. The second-order valence-corrected chi connectivity index (χ2v) is 11.3. The van der Waals surface area contributed by atoms with Crippen LogP contribution in [0.2, 0.25) is 0 Å². The Labute approximate surface area is 211 Å². The molecule has 0 N–H and O–H groups in total. The zero-order valence-corrected chi connectivity index (χ0v) is 21.3. The fourth-order valence-electron chi connectivity index (χ4n) is 5.88. The van der Waals surface area contributed by atoms with Crippen LogP contribution >= 0.6 is 0 Å². The van der Waals surface area contributed by atoms with Crippen molar-refractivity contribution in [3.63, 3.8) is 0 Å². The average Bonchev–Trinajstić information content (AvgIpc) is 3.30. The summed E-state index contributed by atoms with van der Waals surface area (Å²) in [6.45, 7) is 10.9. The van der Waals surface area contributed by atoms with E-state index in [4.69, 9.17) is 0 Å². The van der Waals surface area contributed by atoms with Gasteiger partial charge in [-0.2, -0.15) is 10.5 Å². The molecule has 0 bridgehead atoms. The quantitative estimate of drug-likeness (QED) is 0.251. The van der Waals surface area contributed by atoms with Crippen LogP contribution in [0.1, 0.15) is 62.4 Å². The van der Waals surface area contributed by atoms with Gasteiger partial charge in [0.25, 0.3) is 0 Å². The van der Waals surface area contributed by atoms with Crippen LogP contribution in [0.4, 0.5) is 0 Å². The van der Waals surface area contributed by atoms with Gasteiger partial charge in [0.15, 0.2) is 0 Å². The molecule has 0 amide bonds. The number of rotatable bonds is 1. The molecule has 3 nitrogen and oxygen atoms in total. The Morgan fingerprint density at radius 3 is 2.00 bits per heavy atom. The summed E-state index contributed by atoms with van der Waals surface area (Å²) in [7, 11) is 0. The number of aromatic nitrogens is 1. The molecule has 5 aromatic rings. The second-order valence-electron chi connectivity index (χ2n) is 11.3. The first-order chi connectivity index (χ1) is 17.2. The minimum Gasteiger partial charge on any atom is -0.307 e. The van der Waals surface area contributed by atoms with Crippen LogP contribution in [-0.4, -0.2) is 4.57 Å². The Morgan fingerprint density at radius 2 is 1.33 bits per heavy atom. The summed E-state index contributed by atoms with van der Waals surface area (Å²) >= 11 is 0. The van der Waals surface area contributed by atoms with Crippen LogP contribution in [0.3, 0.4) is 0 Å². The number of fused-ring (bicyclic) bond motifs is 6. The molecule has 3 heteroatoms. The van der Waals surface area contributed by atoms with E-state index in [0.29, 0.717) is 16.8 Å². The molecule has 0 radical (unpaired) electrons. The molecule has 1 aliphatic carbocycles. The molecule has 36 heavy (non-hydrogen) atoms. The molecular formula is C33H27N3. The van der Waals surface area contributed by atoms with Crippen molar-refractivity contribution in [2.45, 2.75) is 45.4 Å². The molecule has 1 aliphatic rings. The van der Waals surface area contributed by atoms with Gasteiger partial charge in [-0.1, -0.05) is 77.1 Å². The van der Waals surface area contributed by atoms with E-state index < -0.39 is 0 Å². The highest BCUT2D eigenvalue weighted by molar-refractivity contribution is 6.12. The standard InChI is InChI=1S/C33H27N3/c1-32(2,3)22-14-20(18-34)31(21(15-22)19-35)36-29-13-9-7-11-24(29)26-16-25-23-10-6-8-12-27(23)33(4,5)28(25)17-30(26)36/h6-17H,1-5H3. The Kier molecular flexibility index (Phi) is 4.51. The van der Waals surface area contributed by atoms with Crippen LogP contribution < -0.4 is 0 Å². The Morgan fingerprint density at radius 1 is 0.694 bits per heavy atom. The zero-order chi connectivity index (χ0) is 25.4. The summed E-state index contributed by atoms with van der Waals surface area (Å²) in [5.41, 5.74) is 9.51. The fourth-order valence-corrected chi connectivity index (χ4v) is 5.88. The molecule has 174 valence electrons. The molecule has 0 spiro atoms. The summed E-state index contributed by atoms with van der Waals surface area (Å²) in [5, 5.41) is 22.8. The number of hydrogen-bond acceptors (Lipinski definition) is 2. The summed E-state index contributed by atoms with van der Waals surface area (Å²) in [5.74, 6) is 0. The lowest BCUT2D eigenvalue weighted by Gasteiger charge is -2.23. The van der Waals surface area contributed by atoms with Gasteiger partial charge < -0.3 is 4.57 Å². The molecule has 0 saturated carbocycles. The highest BCUT2D eigenvalue weighted by Crippen LogP contribution is 2.51. The number of benzene rings is 4. The van der Waals surface area contributed by atoms with Crippen molar-refractivity contribution >= 4 is 21.8 Å². The van der Waals surface area contributed by atoms with Crippen LogP contribution in [0.25, 0.3) is 38.6 Å². The van der Waals surface area contributed by atoms with Gasteiger partial charge in [0.2, 0.25) is 0 Å². The molecule has 1 heterocycles. The van der Waals surface area contributed by atoms with E-state index in [-0.39, 0.29) is 10.8 Å². The van der Waals surface area contributed by atoms with Crippen molar-refractivity contribution in [1.29, 1.82) is 10.5 Å². The Hall–Kier alpha value is -4.34. The van der Waals surface area contributed by atoms with Gasteiger partial charge in [-0.15, -0.1) is 0 Å². The van der Waals surface area contributed by atoms with E-state index in [2.05, 4.69) is 106 Å². The van der Waals surface area contributed by atoms with Crippen molar-refractivity contribution in [3.05, 3.63) is 101 Å². The third kappa shape index (κ3) is 2.90. The van der Waals surface area contributed by atoms with Gasteiger partial charge in [-0.3, -0.25) is 0 Å². The van der Waals surface area contributed by atoms with Crippen LogP contribution in [0.15, 0.2) is 72.8 Å². The molecule has 0 saturated heterocycles. The maximum absolute atomic E-state index is 10.3. The van der Waals surface area contributed by atoms with E-state index in [1.807, 2.05) is 18.2 Å². The maximum Gasteiger partial charge on any atom is 0.101 e. The second kappa shape index (κ2) is 7.33. The molecule has 4 aromatic carbocycles. The van der Waals surface area contributed by atoms with E-state index in [1.165, 1.54) is 22.3 Å². The summed E-state index contributed by atoms with van der Waals surface area (Å²) in [6.07, 6.45) is 0. The maximum atomic E-state index is 10.3. The smallest absolute Gasteiger partial charge is 0.101 e. The molecule has 0 unspecified atom stereocenters. The van der Waals surface area contributed by atoms with Crippen LogP contribution in [0.5, 0.6) is 0 Å². The van der Waals surface area contributed by atoms with Crippen molar-refractivity contribution in [2.75, 3.05) is 0 Å². The average molecular weight is 466 g/mol. The number of hydrogen-bond donors (Lipinski definition) is 0. The summed E-state index contributed by atoms with van der Waals surface area (Å²) < 4.78 is 2.13. The van der Waals surface area contributed by atoms with Crippen LogP contribution in [0, 0.1) is 22.7 Å². The van der Waals surface area contributed by atoms with Crippen LogP contribution in [-0.2, 0) is 10.8 Å². The normalized spacial score (nSPS) is 13.9. The van der Waals surface area contributed by atoms with Crippen molar-refractivity contribution in [3.8, 4) is 29.0 Å². The predicted molar refractivity (Wildman–Crippen MR) is 146 cm³/mol. The topological polar surface area (TPSA) is 52.5 Å². The van der Waals surface area contributed by atoms with Gasteiger partial charge in [-0.05, 0) is 63.6 Å². The zero-order valence-electron chi connectivity index (χ0n) is 21.3. The monoisotopic (exact) mass is 465 g/mol. The minimum atomic E-state index is -0.173. The van der Waals surface area contributed by atoms with Crippen molar-refractivity contribution < 1.29 is 0 Å². The molecular weight excluding hydrogens is 438 g/mol. The summed E-state index contributed by atoms with van der Waals surface area (Å²) in [6, 6.07) is 30.2. The van der Waals surface area contributed by atoms with Crippen molar-refractivity contribution in [1.82, 2.24) is 4.57 Å². The molecule has 0 atom stereocenters. The lowest BCUT2D eigenvalue weighted by atomic mass is 9.82. The van der Waals surface area contributed by atoms with Gasteiger partial charge in [0, 0.05) is 16.2 Å². The number of nitriles is 2. The Bertz CT molecular complexity index is 1780. The van der Waals surface area contributed by atoms with Gasteiger partial charge in [0.05, 0.1) is 27.8 Å². The minimum absolute atomic E-state index is 0.145. The van der Waals surface area contributed by atoms with Crippen molar-refractivity contribution in [2.24, 2.45) is 0 Å². The lowest BCUT2D eigenvalue weighted by Crippen LogP contribution is -2.15. The third-order valence-electron chi connectivity index (χ3n) is 7.82. The SMILES string of the molecule is CC(C)(C)c1cc(C#N)c(-n2c3ccccc3c3cc4c(cc32)C(C)(C)c2ccccc2-4)c(C#N)c1. The number of para-hydroxylation sites is 1. The van der Waals surface area contributed by atoms with E-state index in [9.17, 15) is 10.5 Å². The highest BCUT2D eigenvalue weighted by atomic mass is 15.0. The highest BCUT2D eigenvalue weighted by Gasteiger charge is 2.36. The molecule has 6 rings (SSSR count). The lowest BCUT2D eigenvalue weighted by molar-refractivity contribution is 0.589. The third-order valence-corrected chi connectivity index (χ3v) is 7.82. The van der Waals surface area contributed by atoms with E-state index >= 15 is 0 Å². The number of nitrogens with zero attached hydrogens (tertiary/aromatic N) is 3. The van der Waals surface area contributed by atoms with Gasteiger partial charge in [0.1, 0.15) is 12.1 Å². The van der Waals surface area contributed by atoms with E-state index in [1.54, 1.807) is 0 Å². The van der Waals surface area contributed by atoms with Gasteiger partial charge in [-0.25, -0.2) is 0 Å². The first kappa shape index (κ1) is 22.1. The predicted octanol–water partition coefficient (Wildman–Crippen LogP) is 8.13. The van der Waals surface area contributed by atoms with E-state index in [0.717, 1.165) is 27.4 Å². The van der Waals surface area contributed by atoms with Gasteiger partial charge >= 0.3 is 0 Å². The fraction of sp³-hybridized carbons (Fsp3) is 0.212. The Balaban J connectivity index is 1.78. The first-order valence-corrected chi connectivity index (χ1v) is 12.3. The molecule has 1 aromatic heterocycles. The molecule has 0 aliphatic heterocycles. The largest absolute Gasteiger partial charge is 0.307 e. The molecule has 0 fully saturated rings. The first-order valence-electron chi connectivity index (χ1n) is 12.3.